The van der Waals surface area contributed by atoms with E-state index in [0.717, 1.165) is 22.7 Å². The SMILES string of the molecule is COc1ccc(Cn2c(C)c(C)n3c4c(=O)n(CCCO)c(=O)n(C)c4nc23)cc1. The minimum Gasteiger partial charge on any atom is -0.497 e. The van der Waals surface area contributed by atoms with Crippen molar-refractivity contribution in [2.24, 2.45) is 7.05 Å². The molecule has 1 N–H and O–H groups in total. The Morgan fingerprint density at radius 1 is 1.07 bits per heavy atom. The van der Waals surface area contributed by atoms with E-state index in [9.17, 15) is 9.59 Å². The summed E-state index contributed by atoms with van der Waals surface area (Å²) in [7, 11) is 3.24. The van der Waals surface area contributed by atoms with Gasteiger partial charge in [0.05, 0.1) is 13.7 Å². The average molecular weight is 411 g/mol. The second kappa shape index (κ2) is 7.49. The third-order valence-electron chi connectivity index (χ3n) is 5.67. The molecule has 0 fully saturated rings. The maximum atomic E-state index is 13.2. The number of aliphatic hydroxyl groups excluding tert-OH is 1. The van der Waals surface area contributed by atoms with Crippen LogP contribution in [0.2, 0.25) is 0 Å². The fourth-order valence-electron chi connectivity index (χ4n) is 3.84. The summed E-state index contributed by atoms with van der Waals surface area (Å²) in [4.78, 5) is 30.5. The predicted octanol–water partition coefficient (Wildman–Crippen LogP) is 1.21. The van der Waals surface area contributed by atoms with Crippen molar-refractivity contribution in [1.82, 2.24) is 23.1 Å². The van der Waals surface area contributed by atoms with Crippen molar-refractivity contribution in [1.29, 1.82) is 0 Å². The summed E-state index contributed by atoms with van der Waals surface area (Å²) in [6.45, 7) is 4.58. The first kappa shape index (κ1) is 20.0. The van der Waals surface area contributed by atoms with Gasteiger partial charge in [0.15, 0.2) is 11.2 Å². The van der Waals surface area contributed by atoms with E-state index in [4.69, 9.17) is 9.84 Å². The molecule has 1 aromatic carbocycles. The van der Waals surface area contributed by atoms with Gasteiger partial charge < -0.3 is 14.4 Å². The quantitative estimate of drug-likeness (QED) is 0.515. The molecule has 4 rings (SSSR count). The average Bonchev–Trinajstić information content (AvgIpc) is 3.25. The van der Waals surface area contributed by atoms with Gasteiger partial charge in [-0.25, -0.2) is 4.79 Å². The number of fused-ring (bicyclic) bond motifs is 3. The Balaban J connectivity index is 1.96. The number of aromatic nitrogens is 5. The maximum absolute atomic E-state index is 13.2. The number of methoxy groups -OCH3 is 1. The highest BCUT2D eigenvalue weighted by molar-refractivity contribution is 5.76. The van der Waals surface area contributed by atoms with Crippen LogP contribution in [0.15, 0.2) is 33.9 Å². The van der Waals surface area contributed by atoms with Crippen molar-refractivity contribution in [3.63, 3.8) is 0 Å². The summed E-state index contributed by atoms with van der Waals surface area (Å²) < 4.78 is 11.7. The Bertz CT molecular complexity index is 1360. The molecule has 30 heavy (non-hydrogen) atoms. The number of hydrogen-bond donors (Lipinski definition) is 1. The second-order valence-corrected chi connectivity index (χ2v) is 7.40. The lowest BCUT2D eigenvalue weighted by atomic mass is 10.2. The van der Waals surface area contributed by atoms with Crippen molar-refractivity contribution >= 4 is 16.9 Å². The fraction of sp³-hybridized carbons (Fsp3) is 0.381. The molecule has 0 saturated carbocycles. The van der Waals surface area contributed by atoms with E-state index in [1.54, 1.807) is 14.2 Å². The summed E-state index contributed by atoms with van der Waals surface area (Å²) >= 11 is 0. The van der Waals surface area contributed by atoms with Gasteiger partial charge >= 0.3 is 5.69 Å². The lowest BCUT2D eigenvalue weighted by Gasteiger charge is -2.08. The van der Waals surface area contributed by atoms with Crippen LogP contribution in [0, 0.1) is 13.8 Å². The molecule has 0 atom stereocenters. The molecule has 0 saturated heterocycles. The third-order valence-corrected chi connectivity index (χ3v) is 5.67. The number of aliphatic hydroxyl groups is 1. The Kier molecular flexibility index (Phi) is 4.98. The van der Waals surface area contributed by atoms with Crippen LogP contribution in [0.1, 0.15) is 23.4 Å². The van der Waals surface area contributed by atoms with Crippen LogP contribution in [0.25, 0.3) is 16.9 Å². The fourth-order valence-corrected chi connectivity index (χ4v) is 3.84. The van der Waals surface area contributed by atoms with E-state index in [1.165, 1.54) is 9.13 Å². The van der Waals surface area contributed by atoms with Crippen LogP contribution in [0.5, 0.6) is 5.75 Å². The first-order valence-corrected chi connectivity index (χ1v) is 9.80. The molecule has 9 heteroatoms. The number of nitrogens with zero attached hydrogens (tertiary/aromatic N) is 5. The third kappa shape index (κ3) is 2.93. The molecule has 0 aliphatic rings. The highest BCUT2D eigenvalue weighted by atomic mass is 16.5. The summed E-state index contributed by atoms with van der Waals surface area (Å²) in [6, 6.07) is 7.79. The van der Waals surface area contributed by atoms with Gasteiger partial charge in [0.1, 0.15) is 5.75 Å². The molecule has 4 aromatic rings. The number of ether oxygens (including phenoxy) is 1. The van der Waals surface area contributed by atoms with Crippen molar-refractivity contribution in [2.75, 3.05) is 13.7 Å². The summed E-state index contributed by atoms with van der Waals surface area (Å²) in [5.74, 6) is 1.40. The highest BCUT2D eigenvalue weighted by Gasteiger charge is 2.22. The molecule has 9 nitrogen and oxygen atoms in total. The van der Waals surface area contributed by atoms with Crippen molar-refractivity contribution in [3.05, 3.63) is 62.1 Å². The number of aryl methyl sites for hydroxylation is 2. The van der Waals surface area contributed by atoms with Crippen molar-refractivity contribution in [2.45, 2.75) is 33.4 Å². The normalized spacial score (nSPS) is 11.6. The zero-order valence-corrected chi connectivity index (χ0v) is 17.5. The molecule has 0 spiro atoms. The Morgan fingerprint density at radius 3 is 2.40 bits per heavy atom. The molecule has 0 unspecified atom stereocenters. The molecule has 0 radical (unpaired) electrons. The molecule has 3 aromatic heterocycles. The number of imidazole rings is 2. The zero-order valence-electron chi connectivity index (χ0n) is 17.5. The Morgan fingerprint density at radius 2 is 1.77 bits per heavy atom. The van der Waals surface area contributed by atoms with Gasteiger partial charge in [0.2, 0.25) is 5.78 Å². The van der Waals surface area contributed by atoms with Crippen LogP contribution < -0.4 is 16.0 Å². The molecule has 3 heterocycles. The summed E-state index contributed by atoms with van der Waals surface area (Å²) in [5.41, 5.74) is 2.86. The largest absolute Gasteiger partial charge is 0.497 e. The molecule has 0 bridgehead atoms. The number of benzene rings is 1. The molecule has 0 aliphatic heterocycles. The Hall–Kier alpha value is -3.33. The van der Waals surface area contributed by atoms with E-state index in [-0.39, 0.29) is 13.2 Å². The van der Waals surface area contributed by atoms with Crippen LogP contribution in [-0.4, -0.2) is 41.9 Å². The van der Waals surface area contributed by atoms with Crippen LogP contribution in [0.3, 0.4) is 0 Å². The van der Waals surface area contributed by atoms with E-state index in [2.05, 4.69) is 4.98 Å². The van der Waals surface area contributed by atoms with E-state index in [1.807, 2.05) is 47.1 Å². The topological polar surface area (TPSA) is 95.7 Å². The standard InChI is InChI=1S/C21H25N5O4/c1-13-14(2)26-17-18(23(3)21(29)24(19(17)28)10-5-11-27)22-20(26)25(13)12-15-6-8-16(30-4)9-7-15/h6-9,27H,5,10-12H2,1-4H3. The second-order valence-electron chi connectivity index (χ2n) is 7.40. The van der Waals surface area contributed by atoms with E-state index in [0.29, 0.717) is 29.9 Å². The van der Waals surface area contributed by atoms with E-state index >= 15 is 0 Å². The van der Waals surface area contributed by atoms with Gasteiger partial charge in [0, 0.05) is 31.6 Å². The van der Waals surface area contributed by atoms with Crippen LogP contribution in [0.4, 0.5) is 0 Å². The van der Waals surface area contributed by atoms with Gasteiger partial charge in [-0.1, -0.05) is 12.1 Å². The minimum absolute atomic E-state index is 0.0914. The van der Waals surface area contributed by atoms with Crippen LogP contribution >= 0.6 is 0 Å². The van der Waals surface area contributed by atoms with Crippen molar-refractivity contribution in [3.8, 4) is 5.75 Å². The minimum atomic E-state index is -0.433. The van der Waals surface area contributed by atoms with Gasteiger partial charge in [-0.15, -0.1) is 0 Å². The molecular formula is C21H25N5O4. The predicted molar refractivity (Wildman–Crippen MR) is 113 cm³/mol. The maximum Gasteiger partial charge on any atom is 0.332 e. The van der Waals surface area contributed by atoms with Gasteiger partial charge in [-0.05, 0) is 38.0 Å². The first-order chi connectivity index (χ1) is 14.4. The van der Waals surface area contributed by atoms with Gasteiger partial charge in [-0.3, -0.25) is 18.3 Å². The number of rotatable bonds is 6. The summed E-state index contributed by atoms with van der Waals surface area (Å²) in [6.07, 6.45) is 0.332. The summed E-state index contributed by atoms with van der Waals surface area (Å²) in [5, 5.41) is 9.13. The molecule has 0 aliphatic carbocycles. The molecule has 0 amide bonds. The van der Waals surface area contributed by atoms with E-state index < -0.39 is 11.2 Å². The molecular weight excluding hydrogens is 386 g/mol. The zero-order chi connectivity index (χ0) is 21.6. The smallest absolute Gasteiger partial charge is 0.332 e. The van der Waals surface area contributed by atoms with Gasteiger partial charge in [-0.2, -0.15) is 4.98 Å². The lowest BCUT2D eigenvalue weighted by Crippen LogP contribution is -2.39. The van der Waals surface area contributed by atoms with Crippen molar-refractivity contribution < 1.29 is 9.84 Å². The van der Waals surface area contributed by atoms with Gasteiger partial charge in [0.25, 0.3) is 5.56 Å². The monoisotopic (exact) mass is 411 g/mol. The highest BCUT2D eigenvalue weighted by Crippen LogP contribution is 2.22. The lowest BCUT2D eigenvalue weighted by molar-refractivity contribution is 0.277. The molecule has 158 valence electrons. The number of hydrogen-bond acceptors (Lipinski definition) is 5. The Labute approximate surface area is 172 Å². The van der Waals surface area contributed by atoms with Crippen LogP contribution in [-0.2, 0) is 20.1 Å². The first-order valence-electron chi connectivity index (χ1n) is 9.80.